The average Bonchev–Trinajstić information content (AvgIpc) is 2.74. The second-order valence-electron chi connectivity index (χ2n) is 3.91. The molecular weight excluding hydrogens is 252 g/mol. The van der Waals surface area contributed by atoms with Gasteiger partial charge in [0, 0.05) is 5.69 Å². The number of benzene rings is 1. The number of halogens is 1. The lowest BCUT2D eigenvalue weighted by Gasteiger charge is -2.07. The zero-order valence-electron chi connectivity index (χ0n) is 9.83. The fraction of sp³-hybridized carbons (Fsp3) is 0.167. The minimum atomic E-state index is -0.541. The summed E-state index contributed by atoms with van der Waals surface area (Å²) in [5.41, 5.74) is 7.27. The highest BCUT2D eigenvalue weighted by Crippen LogP contribution is 2.20. The van der Waals surface area contributed by atoms with Crippen molar-refractivity contribution in [2.75, 3.05) is 5.32 Å². The summed E-state index contributed by atoms with van der Waals surface area (Å²) >= 11 is 5.87. The number of nitrogens with two attached hydrogens (primary N) is 1. The number of aryl methyl sites for hydroxylation is 1. The van der Waals surface area contributed by atoms with E-state index in [0.717, 1.165) is 17.2 Å². The lowest BCUT2D eigenvalue weighted by atomic mass is 10.2. The monoisotopic (exact) mass is 264 g/mol. The molecule has 0 aliphatic carbocycles. The highest BCUT2D eigenvalue weighted by atomic mass is 35.5. The van der Waals surface area contributed by atoms with Gasteiger partial charge in [-0.05, 0) is 25.1 Å². The fourth-order valence-electron chi connectivity index (χ4n) is 1.58. The van der Waals surface area contributed by atoms with E-state index in [0.29, 0.717) is 17.1 Å². The normalized spacial score (nSPS) is 10.3. The zero-order valence-corrected chi connectivity index (χ0v) is 10.6. The number of nitrogens with one attached hydrogen (secondary N) is 2. The van der Waals surface area contributed by atoms with E-state index in [4.69, 9.17) is 17.3 Å². The Morgan fingerprint density at radius 3 is 2.94 bits per heavy atom. The molecule has 94 valence electrons. The third-order valence-corrected chi connectivity index (χ3v) is 2.80. The number of primary amides is 1. The van der Waals surface area contributed by atoms with Crippen LogP contribution in [0.4, 0.5) is 5.69 Å². The Balaban J connectivity index is 2.10. The number of hydrogen-bond acceptors (Lipinski definition) is 3. The van der Waals surface area contributed by atoms with Crippen molar-refractivity contribution in [3.05, 3.63) is 46.5 Å². The maximum absolute atomic E-state index is 11.1. The van der Waals surface area contributed by atoms with Gasteiger partial charge in [0.05, 0.1) is 29.0 Å². The number of rotatable bonds is 4. The van der Waals surface area contributed by atoms with Gasteiger partial charge < -0.3 is 16.0 Å². The van der Waals surface area contributed by atoms with Crippen LogP contribution in [-0.4, -0.2) is 15.9 Å². The van der Waals surface area contributed by atoms with Crippen molar-refractivity contribution in [1.82, 2.24) is 9.97 Å². The number of H-pyrrole nitrogens is 1. The summed E-state index contributed by atoms with van der Waals surface area (Å²) in [6, 6.07) is 5.06. The fourth-order valence-corrected chi connectivity index (χ4v) is 1.79. The van der Waals surface area contributed by atoms with Crippen LogP contribution in [0.15, 0.2) is 24.4 Å². The number of hydrogen-bond donors (Lipinski definition) is 3. The van der Waals surface area contributed by atoms with Crippen LogP contribution in [0.1, 0.15) is 21.9 Å². The SMILES string of the molecule is Cc1ncc(CNc2ccc(Cl)c(C(N)=O)c2)[nH]1. The minimum Gasteiger partial charge on any atom is -0.379 e. The van der Waals surface area contributed by atoms with Crippen molar-refractivity contribution in [1.29, 1.82) is 0 Å². The van der Waals surface area contributed by atoms with E-state index in [1.54, 1.807) is 24.4 Å². The van der Waals surface area contributed by atoms with Gasteiger partial charge in [0.2, 0.25) is 5.91 Å². The van der Waals surface area contributed by atoms with Crippen LogP contribution in [0.3, 0.4) is 0 Å². The summed E-state index contributed by atoms with van der Waals surface area (Å²) in [5, 5.41) is 3.51. The van der Waals surface area contributed by atoms with Gasteiger partial charge in [0.1, 0.15) is 5.82 Å². The quantitative estimate of drug-likeness (QED) is 0.790. The molecular formula is C12H13ClN4O. The van der Waals surface area contributed by atoms with Crippen molar-refractivity contribution in [2.45, 2.75) is 13.5 Å². The third-order valence-electron chi connectivity index (χ3n) is 2.47. The van der Waals surface area contributed by atoms with E-state index in [1.807, 2.05) is 6.92 Å². The van der Waals surface area contributed by atoms with Crippen molar-refractivity contribution in [2.24, 2.45) is 5.73 Å². The summed E-state index contributed by atoms with van der Waals surface area (Å²) in [6.07, 6.45) is 1.76. The zero-order chi connectivity index (χ0) is 13.1. The largest absolute Gasteiger partial charge is 0.379 e. The van der Waals surface area contributed by atoms with Gasteiger partial charge in [0.15, 0.2) is 0 Å². The van der Waals surface area contributed by atoms with Crippen LogP contribution in [-0.2, 0) is 6.54 Å². The summed E-state index contributed by atoms with van der Waals surface area (Å²) in [5.74, 6) is 0.321. The molecule has 1 aromatic heterocycles. The van der Waals surface area contributed by atoms with Gasteiger partial charge in [0.25, 0.3) is 0 Å². The van der Waals surface area contributed by atoms with Gasteiger partial charge in [-0.2, -0.15) is 0 Å². The van der Waals surface area contributed by atoms with E-state index in [2.05, 4.69) is 15.3 Å². The molecule has 0 radical (unpaired) electrons. The highest BCUT2D eigenvalue weighted by molar-refractivity contribution is 6.33. The number of aromatic nitrogens is 2. The number of anilines is 1. The Labute approximate surface area is 109 Å². The molecule has 0 atom stereocenters. The van der Waals surface area contributed by atoms with E-state index in [1.165, 1.54) is 0 Å². The van der Waals surface area contributed by atoms with Gasteiger partial charge in [-0.25, -0.2) is 4.98 Å². The van der Waals surface area contributed by atoms with Crippen LogP contribution in [0, 0.1) is 6.92 Å². The molecule has 0 spiro atoms. The predicted molar refractivity (Wildman–Crippen MR) is 70.6 cm³/mol. The smallest absolute Gasteiger partial charge is 0.250 e. The summed E-state index contributed by atoms with van der Waals surface area (Å²) in [4.78, 5) is 18.3. The van der Waals surface area contributed by atoms with Crippen molar-refractivity contribution < 1.29 is 4.79 Å². The maximum Gasteiger partial charge on any atom is 0.250 e. The Morgan fingerprint density at radius 1 is 1.56 bits per heavy atom. The number of aromatic amines is 1. The Bertz CT molecular complexity index is 579. The molecule has 18 heavy (non-hydrogen) atoms. The Morgan fingerprint density at radius 2 is 2.33 bits per heavy atom. The van der Waals surface area contributed by atoms with Crippen LogP contribution < -0.4 is 11.1 Å². The van der Waals surface area contributed by atoms with Crippen LogP contribution in [0.5, 0.6) is 0 Å². The van der Waals surface area contributed by atoms with Gasteiger partial charge >= 0.3 is 0 Å². The molecule has 0 unspecified atom stereocenters. The second-order valence-corrected chi connectivity index (χ2v) is 4.31. The molecule has 0 bridgehead atoms. The lowest BCUT2D eigenvalue weighted by molar-refractivity contribution is 0.100. The molecule has 0 fully saturated rings. The number of nitrogens with zero attached hydrogens (tertiary/aromatic N) is 1. The van der Waals surface area contributed by atoms with Crippen LogP contribution in [0.25, 0.3) is 0 Å². The van der Waals surface area contributed by atoms with Crippen LogP contribution >= 0.6 is 11.6 Å². The summed E-state index contributed by atoms with van der Waals surface area (Å²) in [6.45, 7) is 2.47. The highest BCUT2D eigenvalue weighted by Gasteiger charge is 2.07. The Kier molecular flexibility index (Phi) is 3.53. The molecule has 0 saturated carbocycles. The first kappa shape index (κ1) is 12.4. The summed E-state index contributed by atoms with van der Waals surface area (Å²) < 4.78 is 0. The van der Waals surface area contributed by atoms with E-state index >= 15 is 0 Å². The molecule has 2 rings (SSSR count). The number of carbonyl (C=O) groups excluding carboxylic acids is 1. The first-order valence-corrected chi connectivity index (χ1v) is 5.78. The first-order valence-electron chi connectivity index (χ1n) is 5.40. The molecule has 1 aromatic carbocycles. The molecule has 2 aromatic rings. The molecule has 0 aliphatic rings. The molecule has 0 saturated heterocycles. The molecule has 1 heterocycles. The van der Waals surface area contributed by atoms with Gasteiger partial charge in [-0.1, -0.05) is 11.6 Å². The lowest BCUT2D eigenvalue weighted by Crippen LogP contribution is -2.12. The van der Waals surface area contributed by atoms with Crippen molar-refractivity contribution in [3.8, 4) is 0 Å². The minimum absolute atomic E-state index is 0.308. The summed E-state index contributed by atoms with van der Waals surface area (Å²) in [7, 11) is 0. The number of carbonyl (C=O) groups is 1. The molecule has 1 amide bonds. The van der Waals surface area contributed by atoms with Gasteiger partial charge in [-0.15, -0.1) is 0 Å². The molecule has 6 heteroatoms. The second kappa shape index (κ2) is 5.10. The molecule has 0 aliphatic heterocycles. The molecule has 4 N–H and O–H groups in total. The van der Waals surface area contributed by atoms with Crippen LogP contribution in [0.2, 0.25) is 5.02 Å². The van der Waals surface area contributed by atoms with Crippen molar-refractivity contribution in [3.63, 3.8) is 0 Å². The number of amides is 1. The Hall–Kier alpha value is -2.01. The average molecular weight is 265 g/mol. The standard InChI is InChI=1S/C12H13ClN4O/c1-7-15-5-9(17-7)6-16-8-2-3-11(13)10(4-8)12(14)18/h2-5,16H,6H2,1H3,(H2,14,18)(H,15,17). The number of imidazole rings is 1. The maximum atomic E-state index is 11.1. The van der Waals surface area contributed by atoms with E-state index in [-0.39, 0.29) is 0 Å². The first-order chi connectivity index (χ1) is 8.56. The van der Waals surface area contributed by atoms with E-state index in [9.17, 15) is 4.79 Å². The molecule has 5 nitrogen and oxygen atoms in total. The predicted octanol–water partition coefficient (Wildman–Crippen LogP) is 2.08. The topological polar surface area (TPSA) is 83.8 Å². The van der Waals surface area contributed by atoms with Crippen molar-refractivity contribution >= 4 is 23.2 Å². The third kappa shape index (κ3) is 2.81. The van der Waals surface area contributed by atoms with Gasteiger partial charge in [-0.3, -0.25) is 4.79 Å². The van der Waals surface area contributed by atoms with E-state index < -0.39 is 5.91 Å².